The lowest BCUT2D eigenvalue weighted by atomic mass is 10.1. The molecule has 4 N–H and O–H groups in total. The predicted molar refractivity (Wildman–Crippen MR) is 70.2 cm³/mol. The molecule has 5 heteroatoms. The van der Waals surface area contributed by atoms with Crippen molar-refractivity contribution in [3.63, 3.8) is 0 Å². The molecule has 0 aliphatic rings. The minimum atomic E-state index is -0.498. The van der Waals surface area contributed by atoms with Crippen LogP contribution in [0.15, 0.2) is 24.3 Å². The first-order valence-electron chi connectivity index (χ1n) is 5.89. The van der Waals surface area contributed by atoms with Crippen LogP contribution in [0.25, 0.3) is 0 Å². The van der Waals surface area contributed by atoms with E-state index in [0.29, 0.717) is 18.5 Å². The van der Waals surface area contributed by atoms with Gasteiger partial charge in [-0.05, 0) is 31.0 Å². The summed E-state index contributed by atoms with van der Waals surface area (Å²) >= 11 is 0. The Bertz CT molecular complexity index is 430. The highest BCUT2D eigenvalue weighted by Crippen LogP contribution is 2.05. The molecule has 5 nitrogen and oxygen atoms in total. The molecule has 0 aliphatic heterocycles. The second kappa shape index (κ2) is 6.76. The normalized spacial score (nSPS) is 11.7. The van der Waals surface area contributed by atoms with Crippen molar-refractivity contribution in [2.24, 2.45) is 5.73 Å². The second-order valence-corrected chi connectivity index (χ2v) is 4.11. The number of amides is 2. The van der Waals surface area contributed by atoms with Crippen molar-refractivity contribution in [1.29, 1.82) is 0 Å². The quantitative estimate of drug-likeness (QED) is 0.689. The molecule has 1 atom stereocenters. The molecule has 18 heavy (non-hydrogen) atoms. The third-order valence-corrected chi connectivity index (χ3v) is 2.54. The van der Waals surface area contributed by atoms with Gasteiger partial charge in [-0.2, -0.15) is 0 Å². The summed E-state index contributed by atoms with van der Waals surface area (Å²) in [5.74, 6) is -0.283. The van der Waals surface area contributed by atoms with Gasteiger partial charge in [-0.25, -0.2) is 0 Å². The highest BCUT2D eigenvalue weighted by molar-refractivity contribution is 5.94. The maximum Gasteiger partial charge on any atom is 0.251 e. The summed E-state index contributed by atoms with van der Waals surface area (Å²) in [6, 6.07) is 6.82. The van der Waals surface area contributed by atoms with Crippen molar-refractivity contribution in [3.05, 3.63) is 35.4 Å². The van der Waals surface area contributed by atoms with Gasteiger partial charge in [0, 0.05) is 19.2 Å². The molecule has 1 aromatic carbocycles. The summed E-state index contributed by atoms with van der Waals surface area (Å²) in [7, 11) is 1.60. The first-order chi connectivity index (χ1) is 8.54. The van der Waals surface area contributed by atoms with Crippen molar-refractivity contribution in [1.82, 2.24) is 10.6 Å². The smallest absolute Gasteiger partial charge is 0.251 e. The highest BCUT2D eigenvalue weighted by Gasteiger charge is 2.06. The fraction of sp³-hybridized carbons (Fsp3) is 0.385. The largest absolute Gasteiger partial charge is 0.355 e. The van der Waals surface area contributed by atoms with E-state index < -0.39 is 6.04 Å². The van der Waals surface area contributed by atoms with Crippen molar-refractivity contribution < 1.29 is 9.59 Å². The second-order valence-electron chi connectivity index (χ2n) is 4.11. The molecule has 2 amide bonds. The number of hydrogen-bond acceptors (Lipinski definition) is 3. The molecule has 0 spiro atoms. The van der Waals surface area contributed by atoms with Crippen LogP contribution in [0.4, 0.5) is 0 Å². The predicted octanol–water partition coefficient (Wildman–Crippen LogP) is 0.0521. The molecular formula is C13H19N3O2. The van der Waals surface area contributed by atoms with E-state index in [1.165, 1.54) is 0 Å². The maximum atomic E-state index is 11.4. The van der Waals surface area contributed by atoms with Crippen LogP contribution in [0, 0.1) is 0 Å². The zero-order valence-corrected chi connectivity index (χ0v) is 10.7. The number of hydrogen-bond donors (Lipinski definition) is 3. The van der Waals surface area contributed by atoms with Gasteiger partial charge in [-0.3, -0.25) is 9.59 Å². The zero-order valence-electron chi connectivity index (χ0n) is 10.7. The van der Waals surface area contributed by atoms with Crippen LogP contribution < -0.4 is 16.4 Å². The van der Waals surface area contributed by atoms with E-state index in [4.69, 9.17) is 5.73 Å². The van der Waals surface area contributed by atoms with Crippen molar-refractivity contribution >= 4 is 11.8 Å². The number of rotatable bonds is 5. The van der Waals surface area contributed by atoms with E-state index in [0.717, 1.165) is 5.56 Å². The lowest BCUT2D eigenvalue weighted by molar-refractivity contribution is -0.121. The van der Waals surface area contributed by atoms with Crippen LogP contribution in [0.1, 0.15) is 22.8 Å². The molecule has 0 radical (unpaired) electrons. The molecule has 0 fully saturated rings. The average Bonchev–Trinajstić information content (AvgIpc) is 2.37. The van der Waals surface area contributed by atoms with E-state index in [2.05, 4.69) is 10.6 Å². The first kappa shape index (κ1) is 14.2. The van der Waals surface area contributed by atoms with Gasteiger partial charge in [0.25, 0.3) is 5.91 Å². The molecule has 0 saturated heterocycles. The summed E-state index contributed by atoms with van der Waals surface area (Å²) in [6.07, 6.45) is 0.670. The minimum absolute atomic E-state index is 0.114. The Labute approximate surface area is 107 Å². The van der Waals surface area contributed by atoms with Gasteiger partial charge in [0.2, 0.25) is 5.91 Å². The molecule has 0 aliphatic carbocycles. The topological polar surface area (TPSA) is 84.2 Å². The highest BCUT2D eigenvalue weighted by atomic mass is 16.2. The molecule has 0 saturated carbocycles. The Balaban J connectivity index is 2.53. The summed E-state index contributed by atoms with van der Waals surface area (Å²) in [5, 5.41) is 5.30. The molecular weight excluding hydrogens is 230 g/mol. The lowest BCUT2D eigenvalue weighted by Crippen LogP contribution is -2.39. The van der Waals surface area contributed by atoms with Crippen LogP contribution in [0.3, 0.4) is 0 Å². The van der Waals surface area contributed by atoms with Crippen molar-refractivity contribution in [2.45, 2.75) is 19.4 Å². The van der Waals surface area contributed by atoms with Gasteiger partial charge in [-0.15, -0.1) is 0 Å². The first-order valence-corrected chi connectivity index (χ1v) is 5.89. The van der Waals surface area contributed by atoms with Gasteiger partial charge < -0.3 is 16.4 Å². The molecule has 0 heterocycles. The Morgan fingerprint density at radius 3 is 2.72 bits per heavy atom. The summed E-state index contributed by atoms with van der Waals surface area (Å²) < 4.78 is 0. The molecule has 1 rings (SSSR count). The Morgan fingerprint density at radius 2 is 2.11 bits per heavy atom. The monoisotopic (exact) mass is 249 g/mol. The molecule has 0 bridgehead atoms. The molecule has 0 unspecified atom stereocenters. The van der Waals surface area contributed by atoms with E-state index >= 15 is 0 Å². The Hall–Kier alpha value is -1.88. The number of carbonyl (C=O) groups excluding carboxylic acids is 2. The third kappa shape index (κ3) is 4.18. The van der Waals surface area contributed by atoms with Crippen LogP contribution in [-0.4, -0.2) is 31.4 Å². The molecule has 1 aromatic rings. The third-order valence-electron chi connectivity index (χ3n) is 2.54. The van der Waals surface area contributed by atoms with Gasteiger partial charge in [0.1, 0.15) is 0 Å². The van der Waals surface area contributed by atoms with E-state index in [1.807, 2.05) is 18.2 Å². The zero-order chi connectivity index (χ0) is 13.5. The number of benzene rings is 1. The summed E-state index contributed by atoms with van der Waals surface area (Å²) in [4.78, 5) is 22.7. The minimum Gasteiger partial charge on any atom is -0.355 e. The fourth-order valence-electron chi connectivity index (χ4n) is 1.50. The fourth-order valence-corrected chi connectivity index (χ4v) is 1.50. The van der Waals surface area contributed by atoms with Crippen LogP contribution in [-0.2, 0) is 11.2 Å². The van der Waals surface area contributed by atoms with Gasteiger partial charge in [0.15, 0.2) is 0 Å². The van der Waals surface area contributed by atoms with Crippen LogP contribution in [0.2, 0.25) is 0 Å². The van der Waals surface area contributed by atoms with Crippen molar-refractivity contribution in [2.75, 3.05) is 13.6 Å². The number of nitrogens with two attached hydrogens (primary N) is 1. The van der Waals surface area contributed by atoms with Crippen molar-refractivity contribution in [3.8, 4) is 0 Å². The van der Waals surface area contributed by atoms with E-state index in [1.54, 1.807) is 20.0 Å². The Morgan fingerprint density at radius 1 is 1.39 bits per heavy atom. The number of nitrogens with one attached hydrogen (secondary N) is 2. The molecule has 98 valence electrons. The maximum absolute atomic E-state index is 11.4. The molecule has 0 aromatic heterocycles. The van der Waals surface area contributed by atoms with E-state index in [-0.39, 0.29) is 11.8 Å². The summed E-state index contributed by atoms with van der Waals surface area (Å²) in [6.45, 7) is 2.15. The van der Waals surface area contributed by atoms with Gasteiger partial charge >= 0.3 is 0 Å². The number of carbonyl (C=O) groups is 2. The van der Waals surface area contributed by atoms with Crippen LogP contribution in [0.5, 0.6) is 0 Å². The Kier molecular flexibility index (Phi) is 5.32. The standard InChI is InChI=1S/C13H19N3O2/c1-9(14)12(17)16-7-6-10-4-3-5-11(8-10)13(18)15-2/h3-5,8-9H,6-7,14H2,1-2H3,(H,15,18)(H,16,17)/t9-/m0/s1. The SMILES string of the molecule is CNC(=O)c1cccc(CCNC(=O)[C@H](C)N)c1. The lowest BCUT2D eigenvalue weighted by Gasteiger charge is -2.08. The van der Waals surface area contributed by atoms with Gasteiger partial charge in [0.05, 0.1) is 6.04 Å². The van der Waals surface area contributed by atoms with Crippen LogP contribution >= 0.6 is 0 Å². The van der Waals surface area contributed by atoms with E-state index in [9.17, 15) is 9.59 Å². The summed E-state index contributed by atoms with van der Waals surface area (Å²) in [5.41, 5.74) is 7.05. The average molecular weight is 249 g/mol. The van der Waals surface area contributed by atoms with Gasteiger partial charge in [-0.1, -0.05) is 12.1 Å².